The Hall–Kier alpha value is -2.79. The zero-order chi connectivity index (χ0) is 13.8. The van der Waals surface area contributed by atoms with Crippen molar-refractivity contribution >= 4 is 16.5 Å². The fraction of sp³-hybridized carbons (Fsp3) is 0.0556. The van der Waals surface area contributed by atoms with E-state index < -0.39 is 0 Å². The van der Waals surface area contributed by atoms with Crippen molar-refractivity contribution in [1.29, 1.82) is 5.26 Å². The van der Waals surface area contributed by atoms with Gasteiger partial charge in [-0.2, -0.15) is 5.26 Å². The molecule has 0 aliphatic rings. The summed E-state index contributed by atoms with van der Waals surface area (Å²) in [5, 5.41) is 14.9. The molecule has 0 fully saturated rings. The van der Waals surface area contributed by atoms with E-state index in [9.17, 15) is 0 Å². The van der Waals surface area contributed by atoms with Crippen LogP contribution >= 0.6 is 0 Å². The third-order valence-electron chi connectivity index (χ3n) is 3.40. The Kier molecular flexibility index (Phi) is 3.34. The summed E-state index contributed by atoms with van der Waals surface area (Å²) in [5.41, 5.74) is 2.78. The maximum absolute atomic E-state index is 9.10. The van der Waals surface area contributed by atoms with Crippen LogP contribution in [0.4, 0.5) is 5.69 Å². The molecular formula is C18H14N2. The summed E-state index contributed by atoms with van der Waals surface area (Å²) >= 11 is 0. The Labute approximate surface area is 118 Å². The lowest BCUT2D eigenvalue weighted by Gasteiger charge is -2.10. The van der Waals surface area contributed by atoms with Crippen molar-refractivity contribution in [1.82, 2.24) is 0 Å². The number of hydrogen-bond donors (Lipinski definition) is 1. The largest absolute Gasteiger partial charge is 0.380 e. The highest BCUT2D eigenvalue weighted by Gasteiger charge is 2.02. The normalized spacial score (nSPS) is 10.2. The van der Waals surface area contributed by atoms with Crippen LogP contribution in [0.25, 0.3) is 10.8 Å². The molecule has 0 spiro atoms. The van der Waals surface area contributed by atoms with Gasteiger partial charge in [-0.05, 0) is 28.5 Å². The molecule has 20 heavy (non-hydrogen) atoms. The van der Waals surface area contributed by atoms with Crippen LogP contribution < -0.4 is 5.32 Å². The molecule has 2 nitrogen and oxygen atoms in total. The number of nitrogens with zero attached hydrogens (tertiary/aromatic N) is 1. The van der Waals surface area contributed by atoms with Gasteiger partial charge in [0, 0.05) is 6.54 Å². The molecule has 0 saturated heterocycles. The Balaban J connectivity index is 1.89. The maximum Gasteiger partial charge on any atom is 0.101 e. The number of benzene rings is 3. The highest BCUT2D eigenvalue weighted by atomic mass is 14.9. The Morgan fingerprint density at radius 2 is 1.60 bits per heavy atom. The van der Waals surface area contributed by atoms with Crippen LogP contribution in [0.2, 0.25) is 0 Å². The molecule has 96 valence electrons. The van der Waals surface area contributed by atoms with Crippen LogP contribution in [-0.2, 0) is 6.54 Å². The number of para-hydroxylation sites is 1. The van der Waals surface area contributed by atoms with Gasteiger partial charge in [0.05, 0.1) is 11.3 Å². The van der Waals surface area contributed by atoms with E-state index in [4.69, 9.17) is 5.26 Å². The first-order valence-corrected chi connectivity index (χ1v) is 6.58. The molecule has 0 aliphatic carbocycles. The summed E-state index contributed by atoms with van der Waals surface area (Å²) in [6.45, 7) is 0.708. The molecule has 3 rings (SSSR count). The lowest BCUT2D eigenvalue weighted by Crippen LogP contribution is -2.01. The van der Waals surface area contributed by atoms with E-state index in [0.29, 0.717) is 12.1 Å². The van der Waals surface area contributed by atoms with Crippen molar-refractivity contribution in [2.45, 2.75) is 6.54 Å². The third-order valence-corrected chi connectivity index (χ3v) is 3.40. The van der Waals surface area contributed by atoms with Crippen molar-refractivity contribution in [3.8, 4) is 6.07 Å². The fourth-order valence-corrected chi connectivity index (χ4v) is 2.37. The average Bonchev–Trinajstić information content (AvgIpc) is 2.53. The van der Waals surface area contributed by atoms with E-state index in [1.807, 2.05) is 30.3 Å². The molecule has 0 radical (unpaired) electrons. The molecule has 1 N–H and O–H groups in total. The fourth-order valence-electron chi connectivity index (χ4n) is 2.37. The van der Waals surface area contributed by atoms with Crippen molar-refractivity contribution < 1.29 is 0 Å². The molecule has 0 heterocycles. The molecule has 0 atom stereocenters. The molecule has 3 aromatic carbocycles. The summed E-state index contributed by atoms with van der Waals surface area (Å²) < 4.78 is 0. The van der Waals surface area contributed by atoms with Gasteiger partial charge in [-0.1, -0.05) is 54.6 Å². The van der Waals surface area contributed by atoms with Crippen molar-refractivity contribution in [3.05, 3.63) is 77.9 Å². The van der Waals surface area contributed by atoms with Gasteiger partial charge in [-0.3, -0.25) is 0 Å². The molecule has 0 unspecified atom stereocenters. The zero-order valence-corrected chi connectivity index (χ0v) is 11.0. The smallest absolute Gasteiger partial charge is 0.101 e. The molecular weight excluding hydrogens is 244 g/mol. The van der Waals surface area contributed by atoms with E-state index in [2.05, 4.69) is 47.8 Å². The predicted octanol–water partition coefficient (Wildman–Crippen LogP) is 4.32. The Bertz CT molecular complexity index is 779. The summed E-state index contributed by atoms with van der Waals surface area (Å²) in [5.74, 6) is 0. The molecule has 3 aromatic rings. The van der Waals surface area contributed by atoms with Crippen LogP contribution in [-0.4, -0.2) is 0 Å². The summed E-state index contributed by atoms with van der Waals surface area (Å²) in [6.07, 6.45) is 0. The topological polar surface area (TPSA) is 35.8 Å². The van der Waals surface area contributed by atoms with Crippen LogP contribution in [0.3, 0.4) is 0 Å². The van der Waals surface area contributed by atoms with E-state index in [1.54, 1.807) is 0 Å². The molecule has 0 saturated carbocycles. The predicted molar refractivity (Wildman–Crippen MR) is 82.4 cm³/mol. The lowest BCUT2D eigenvalue weighted by atomic mass is 10.0. The molecule has 0 bridgehead atoms. The van der Waals surface area contributed by atoms with Gasteiger partial charge in [0.2, 0.25) is 0 Å². The number of nitrogens with one attached hydrogen (secondary N) is 1. The number of rotatable bonds is 3. The van der Waals surface area contributed by atoms with E-state index in [-0.39, 0.29) is 0 Å². The van der Waals surface area contributed by atoms with Crippen LogP contribution in [0.1, 0.15) is 11.1 Å². The summed E-state index contributed by atoms with van der Waals surface area (Å²) in [7, 11) is 0. The van der Waals surface area contributed by atoms with Crippen LogP contribution in [0.5, 0.6) is 0 Å². The maximum atomic E-state index is 9.10. The molecule has 0 amide bonds. The van der Waals surface area contributed by atoms with Gasteiger partial charge < -0.3 is 5.32 Å². The van der Waals surface area contributed by atoms with Gasteiger partial charge in [0.25, 0.3) is 0 Å². The quantitative estimate of drug-likeness (QED) is 0.759. The lowest BCUT2D eigenvalue weighted by molar-refractivity contribution is 1.16. The second-order valence-corrected chi connectivity index (χ2v) is 4.65. The first-order chi connectivity index (χ1) is 9.88. The standard InChI is InChI=1S/C18H14N2/c19-12-15-7-2-4-11-18(15)20-13-16-9-5-8-14-6-1-3-10-17(14)16/h1-11,20H,13H2. The number of nitriles is 1. The number of anilines is 1. The van der Waals surface area contributed by atoms with Crippen LogP contribution in [0.15, 0.2) is 66.7 Å². The van der Waals surface area contributed by atoms with Gasteiger partial charge >= 0.3 is 0 Å². The van der Waals surface area contributed by atoms with E-state index >= 15 is 0 Å². The molecule has 0 aliphatic heterocycles. The Morgan fingerprint density at radius 3 is 2.50 bits per heavy atom. The van der Waals surface area contributed by atoms with Crippen molar-refractivity contribution in [2.24, 2.45) is 0 Å². The van der Waals surface area contributed by atoms with Crippen LogP contribution in [0, 0.1) is 11.3 Å². The highest BCUT2D eigenvalue weighted by Crippen LogP contribution is 2.20. The van der Waals surface area contributed by atoms with Gasteiger partial charge in [0.15, 0.2) is 0 Å². The minimum atomic E-state index is 0.674. The van der Waals surface area contributed by atoms with Crippen molar-refractivity contribution in [3.63, 3.8) is 0 Å². The van der Waals surface area contributed by atoms with E-state index in [1.165, 1.54) is 16.3 Å². The third kappa shape index (κ3) is 2.34. The number of hydrogen-bond acceptors (Lipinski definition) is 2. The Morgan fingerprint density at radius 1 is 0.850 bits per heavy atom. The second kappa shape index (κ2) is 5.46. The van der Waals surface area contributed by atoms with E-state index in [0.717, 1.165) is 5.69 Å². The molecule has 2 heteroatoms. The summed E-state index contributed by atoms with van der Waals surface area (Å²) in [6, 6.07) is 24.4. The van der Waals surface area contributed by atoms with Crippen molar-refractivity contribution in [2.75, 3.05) is 5.32 Å². The monoisotopic (exact) mass is 258 g/mol. The average molecular weight is 258 g/mol. The van der Waals surface area contributed by atoms with Gasteiger partial charge in [0.1, 0.15) is 6.07 Å². The number of fused-ring (bicyclic) bond motifs is 1. The second-order valence-electron chi connectivity index (χ2n) is 4.65. The SMILES string of the molecule is N#Cc1ccccc1NCc1cccc2ccccc12. The minimum Gasteiger partial charge on any atom is -0.380 e. The highest BCUT2D eigenvalue weighted by molar-refractivity contribution is 5.85. The zero-order valence-electron chi connectivity index (χ0n) is 11.0. The molecule has 0 aromatic heterocycles. The summed E-state index contributed by atoms with van der Waals surface area (Å²) in [4.78, 5) is 0. The van der Waals surface area contributed by atoms with Gasteiger partial charge in [-0.15, -0.1) is 0 Å². The minimum absolute atomic E-state index is 0.674. The van der Waals surface area contributed by atoms with Gasteiger partial charge in [-0.25, -0.2) is 0 Å². The first-order valence-electron chi connectivity index (χ1n) is 6.58. The first kappa shape index (κ1) is 12.3.